The highest BCUT2D eigenvalue weighted by molar-refractivity contribution is 6.31. The normalized spacial score (nSPS) is 29.2. The maximum Gasteiger partial charge on any atom is 0.113 e. The van der Waals surface area contributed by atoms with Crippen LogP contribution in [0.2, 0.25) is 5.02 Å². The highest BCUT2D eigenvalue weighted by Crippen LogP contribution is 2.34. The Bertz CT molecular complexity index is 851. The van der Waals surface area contributed by atoms with Gasteiger partial charge in [0.1, 0.15) is 30.5 Å². The van der Waals surface area contributed by atoms with Crippen LogP contribution in [0, 0.1) is 0 Å². The van der Waals surface area contributed by atoms with E-state index in [1.54, 1.807) is 12.1 Å². The van der Waals surface area contributed by atoms with Gasteiger partial charge in [-0.25, -0.2) is 0 Å². The van der Waals surface area contributed by atoms with Crippen molar-refractivity contribution in [1.82, 2.24) is 0 Å². The van der Waals surface area contributed by atoms with E-state index >= 15 is 0 Å². The Hall–Kier alpha value is -1.51. The number of aliphatic hydroxyl groups is 4. The summed E-state index contributed by atoms with van der Waals surface area (Å²) in [4.78, 5) is 0. The zero-order chi connectivity index (χ0) is 21.3. The van der Waals surface area contributed by atoms with Crippen LogP contribution < -0.4 is 0 Å². The molecule has 1 heterocycles. The van der Waals surface area contributed by atoms with E-state index in [0.29, 0.717) is 29.7 Å². The monoisotopic (exact) mass is 434 g/mol. The van der Waals surface area contributed by atoms with Crippen molar-refractivity contribution in [2.45, 2.75) is 62.5 Å². The van der Waals surface area contributed by atoms with Gasteiger partial charge in [0.15, 0.2) is 0 Å². The first kappa shape index (κ1) is 21.7. The maximum absolute atomic E-state index is 10.4. The van der Waals surface area contributed by atoms with Crippen molar-refractivity contribution in [1.29, 1.82) is 0 Å². The van der Waals surface area contributed by atoms with Crippen molar-refractivity contribution in [3.05, 3.63) is 69.7 Å². The summed E-state index contributed by atoms with van der Waals surface area (Å²) >= 11 is 6.40. The first-order chi connectivity index (χ1) is 14.5. The highest BCUT2D eigenvalue weighted by Gasteiger charge is 2.44. The lowest BCUT2D eigenvalue weighted by atomic mass is 9.90. The lowest BCUT2D eigenvalue weighted by Crippen LogP contribution is -2.55. The smallest absolute Gasteiger partial charge is 0.113 e. The van der Waals surface area contributed by atoms with Gasteiger partial charge >= 0.3 is 0 Å². The number of aliphatic hydroxyl groups excluding tert-OH is 4. The fourth-order valence-corrected chi connectivity index (χ4v) is 3.89. The minimum absolute atomic E-state index is 0.425. The summed E-state index contributed by atoms with van der Waals surface area (Å²) in [5.41, 5.74) is 3.69. The lowest BCUT2D eigenvalue weighted by Gasteiger charge is -2.40. The van der Waals surface area contributed by atoms with Gasteiger partial charge in [-0.05, 0) is 47.6 Å². The van der Waals surface area contributed by atoms with Crippen LogP contribution >= 0.6 is 11.6 Å². The van der Waals surface area contributed by atoms with E-state index in [2.05, 4.69) is 0 Å². The summed E-state index contributed by atoms with van der Waals surface area (Å²) in [6, 6.07) is 13.5. The van der Waals surface area contributed by atoms with Crippen LogP contribution in [0.4, 0.5) is 0 Å². The Morgan fingerprint density at radius 3 is 2.30 bits per heavy atom. The number of benzene rings is 2. The molecule has 7 heteroatoms. The van der Waals surface area contributed by atoms with Crippen LogP contribution in [0.25, 0.3) is 0 Å². The fraction of sp³-hybridized carbons (Fsp3) is 0.478. The predicted molar refractivity (Wildman–Crippen MR) is 111 cm³/mol. The van der Waals surface area contributed by atoms with Crippen molar-refractivity contribution >= 4 is 11.6 Å². The van der Waals surface area contributed by atoms with Gasteiger partial charge in [-0.1, -0.05) is 48.0 Å². The molecule has 2 fully saturated rings. The number of ether oxygens (including phenoxy) is 2. The molecular weight excluding hydrogens is 408 g/mol. The highest BCUT2D eigenvalue weighted by atomic mass is 35.5. The van der Waals surface area contributed by atoms with E-state index in [-0.39, 0.29) is 0 Å². The molecule has 30 heavy (non-hydrogen) atoms. The molecule has 6 nitrogen and oxygen atoms in total. The average molecular weight is 435 g/mol. The molecule has 5 atom stereocenters. The molecule has 1 unspecified atom stereocenters. The van der Waals surface area contributed by atoms with Crippen LogP contribution in [0.3, 0.4) is 0 Å². The molecule has 1 saturated heterocycles. The maximum atomic E-state index is 10.4. The zero-order valence-corrected chi connectivity index (χ0v) is 17.3. The molecule has 2 aromatic carbocycles. The third-order valence-electron chi connectivity index (χ3n) is 5.72. The summed E-state index contributed by atoms with van der Waals surface area (Å²) in [7, 11) is 0. The predicted octanol–water partition coefficient (Wildman–Crippen LogP) is 2.12. The molecule has 1 aliphatic carbocycles. The van der Waals surface area contributed by atoms with E-state index in [1.807, 2.05) is 30.3 Å². The Balaban J connectivity index is 1.48. The third-order valence-corrected chi connectivity index (χ3v) is 6.09. The molecule has 2 aromatic rings. The second kappa shape index (κ2) is 9.32. The number of rotatable bonds is 7. The van der Waals surface area contributed by atoms with Gasteiger partial charge in [0.25, 0.3) is 0 Å². The lowest BCUT2D eigenvalue weighted by molar-refractivity contribution is -0.231. The largest absolute Gasteiger partial charge is 0.394 e. The van der Waals surface area contributed by atoms with Crippen LogP contribution in [0.1, 0.15) is 41.2 Å². The molecule has 4 rings (SSSR count). The van der Waals surface area contributed by atoms with Gasteiger partial charge in [0.2, 0.25) is 0 Å². The van der Waals surface area contributed by atoms with Gasteiger partial charge in [0.05, 0.1) is 19.3 Å². The summed E-state index contributed by atoms with van der Waals surface area (Å²) < 4.78 is 11.4. The SMILES string of the molecule is OC[C@H]1OC(c2ccc(Cl)c(Cc3ccc(COC4CC4)cc3)c2)[C@H](O)[C@@H](O)[C@@H]1O. The van der Waals surface area contributed by atoms with E-state index in [4.69, 9.17) is 21.1 Å². The Morgan fingerprint density at radius 1 is 0.933 bits per heavy atom. The van der Waals surface area contributed by atoms with Gasteiger partial charge < -0.3 is 29.9 Å². The van der Waals surface area contributed by atoms with Crippen molar-refractivity contribution in [3.63, 3.8) is 0 Å². The van der Waals surface area contributed by atoms with Gasteiger partial charge in [-0.15, -0.1) is 0 Å². The molecule has 1 aliphatic heterocycles. The van der Waals surface area contributed by atoms with Crippen LogP contribution in [0.15, 0.2) is 42.5 Å². The van der Waals surface area contributed by atoms with E-state index < -0.39 is 37.1 Å². The molecule has 0 amide bonds. The molecule has 0 spiro atoms. The summed E-state index contributed by atoms with van der Waals surface area (Å²) in [6.07, 6.45) is -2.61. The Kier molecular flexibility index (Phi) is 6.75. The van der Waals surface area contributed by atoms with Crippen molar-refractivity contribution < 1.29 is 29.9 Å². The summed E-state index contributed by atoms with van der Waals surface area (Å²) in [5, 5.41) is 40.4. The molecule has 4 N–H and O–H groups in total. The molecule has 0 radical (unpaired) electrons. The first-order valence-corrected chi connectivity index (χ1v) is 10.6. The van der Waals surface area contributed by atoms with Crippen LogP contribution in [-0.2, 0) is 22.5 Å². The van der Waals surface area contributed by atoms with Gasteiger partial charge in [-0.3, -0.25) is 0 Å². The van der Waals surface area contributed by atoms with Gasteiger partial charge in [-0.2, -0.15) is 0 Å². The fourth-order valence-electron chi connectivity index (χ4n) is 3.71. The number of hydrogen-bond donors (Lipinski definition) is 4. The van der Waals surface area contributed by atoms with Crippen molar-refractivity contribution in [3.8, 4) is 0 Å². The van der Waals surface area contributed by atoms with E-state index in [0.717, 1.165) is 29.5 Å². The second-order valence-corrected chi connectivity index (χ2v) is 8.51. The quantitative estimate of drug-likeness (QED) is 0.532. The zero-order valence-electron chi connectivity index (χ0n) is 16.5. The third kappa shape index (κ3) is 4.86. The number of hydrogen-bond acceptors (Lipinski definition) is 6. The van der Waals surface area contributed by atoms with Crippen molar-refractivity contribution in [2.75, 3.05) is 6.61 Å². The Morgan fingerprint density at radius 2 is 1.63 bits per heavy atom. The first-order valence-electron chi connectivity index (χ1n) is 10.2. The standard InChI is InChI=1S/C23H27ClO6/c24-18-8-5-15(23-22(28)21(27)20(26)19(11-25)30-23)10-16(18)9-13-1-3-14(4-2-13)12-29-17-6-7-17/h1-5,8,10,17,19-23,25-28H,6-7,9,11-12H2/t19-,20-,21+,22-,23?/m1/s1. The number of halogens is 1. The van der Waals surface area contributed by atoms with E-state index in [9.17, 15) is 20.4 Å². The van der Waals surface area contributed by atoms with E-state index in [1.165, 1.54) is 0 Å². The molecular formula is C23H27ClO6. The van der Waals surface area contributed by atoms with Crippen LogP contribution in [0.5, 0.6) is 0 Å². The molecule has 162 valence electrons. The minimum Gasteiger partial charge on any atom is -0.394 e. The second-order valence-electron chi connectivity index (χ2n) is 8.10. The average Bonchev–Trinajstić information content (AvgIpc) is 3.58. The molecule has 1 saturated carbocycles. The summed E-state index contributed by atoms with van der Waals surface area (Å²) in [5.74, 6) is 0. The van der Waals surface area contributed by atoms with Crippen molar-refractivity contribution in [2.24, 2.45) is 0 Å². The molecule has 0 aromatic heterocycles. The molecule has 0 bridgehead atoms. The Labute approximate surface area is 180 Å². The molecule has 2 aliphatic rings. The van der Waals surface area contributed by atoms with Crippen LogP contribution in [-0.4, -0.2) is 57.6 Å². The minimum atomic E-state index is -1.41. The van der Waals surface area contributed by atoms with Gasteiger partial charge in [0, 0.05) is 5.02 Å². The topological polar surface area (TPSA) is 99.4 Å². The summed E-state index contributed by atoms with van der Waals surface area (Å²) in [6.45, 7) is 0.164.